The summed E-state index contributed by atoms with van der Waals surface area (Å²) in [5.41, 5.74) is 0.551. The molecule has 2 nitrogen and oxygen atoms in total. The van der Waals surface area contributed by atoms with E-state index in [4.69, 9.17) is 23.2 Å². The van der Waals surface area contributed by atoms with Crippen LogP contribution in [0.15, 0.2) is 24.8 Å². The van der Waals surface area contributed by atoms with E-state index in [0.717, 1.165) is 51.9 Å². The van der Waals surface area contributed by atoms with Crippen LogP contribution in [0.2, 0.25) is 10.0 Å². The molecular formula is C17H23Cl2FN2. The molecule has 0 spiro atoms. The molecule has 0 amide bonds. The molecule has 0 bridgehead atoms. The van der Waals surface area contributed by atoms with Crippen LogP contribution in [0.4, 0.5) is 4.39 Å². The molecular weight excluding hydrogens is 322 g/mol. The Morgan fingerprint density at radius 2 is 2.00 bits per heavy atom. The Balaban J connectivity index is 2.22. The number of hydrogen-bond donors (Lipinski definition) is 1. The van der Waals surface area contributed by atoms with Crippen LogP contribution in [-0.2, 0) is 0 Å². The lowest BCUT2D eigenvalue weighted by molar-refractivity contribution is 0.160. The third-order valence-corrected chi connectivity index (χ3v) is 4.96. The van der Waals surface area contributed by atoms with Gasteiger partial charge in [0.2, 0.25) is 0 Å². The van der Waals surface area contributed by atoms with Crippen LogP contribution in [-0.4, -0.2) is 31.1 Å². The van der Waals surface area contributed by atoms with Gasteiger partial charge in [0.1, 0.15) is 5.82 Å². The highest BCUT2D eigenvalue weighted by molar-refractivity contribution is 6.42. The van der Waals surface area contributed by atoms with Crippen molar-refractivity contribution in [2.75, 3.05) is 26.2 Å². The van der Waals surface area contributed by atoms with Crippen LogP contribution >= 0.6 is 23.2 Å². The van der Waals surface area contributed by atoms with Gasteiger partial charge in [0, 0.05) is 37.8 Å². The summed E-state index contributed by atoms with van der Waals surface area (Å²) in [6, 6.07) is 2.93. The van der Waals surface area contributed by atoms with E-state index in [-0.39, 0.29) is 11.9 Å². The summed E-state index contributed by atoms with van der Waals surface area (Å²) in [6.07, 6.45) is 5.87. The number of hydrogen-bond acceptors (Lipinski definition) is 2. The van der Waals surface area contributed by atoms with Gasteiger partial charge in [0.25, 0.3) is 0 Å². The summed E-state index contributed by atoms with van der Waals surface area (Å²) in [7, 11) is 0. The molecule has 0 aliphatic carbocycles. The van der Waals surface area contributed by atoms with E-state index in [1.54, 1.807) is 0 Å². The SMILES string of the molecule is C=CCCCC[C@@H](c1c(F)ccc(Cl)c1Cl)N1CCNCC1. The molecule has 1 fully saturated rings. The Kier molecular flexibility index (Phi) is 7.16. The number of allylic oxidation sites excluding steroid dienone is 1. The van der Waals surface area contributed by atoms with Crippen molar-refractivity contribution >= 4 is 23.2 Å². The molecule has 0 unspecified atom stereocenters. The van der Waals surface area contributed by atoms with E-state index >= 15 is 0 Å². The highest BCUT2D eigenvalue weighted by atomic mass is 35.5. The second-order valence-corrected chi connectivity index (χ2v) is 6.42. The van der Waals surface area contributed by atoms with Crippen LogP contribution in [0.3, 0.4) is 0 Å². The maximum Gasteiger partial charge on any atom is 0.129 e. The van der Waals surface area contributed by atoms with Crippen molar-refractivity contribution in [3.05, 3.63) is 46.2 Å². The van der Waals surface area contributed by atoms with Gasteiger partial charge in [-0.2, -0.15) is 0 Å². The van der Waals surface area contributed by atoms with Gasteiger partial charge in [0.05, 0.1) is 10.0 Å². The highest BCUT2D eigenvalue weighted by Crippen LogP contribution is 2.37. The first-order chi connectivity index (χ1) is 10.6. The van der Waals surface area contributed by atoms with Crippen molar-refractivity contribution in [1.29, 1.82) is 0 Å². The van der Waals surface area contributed by atoms with Gasteiger partial charge >= 0.3 is 0 Å². The van der Waals surface area contributed by atoms with Gasteiger partial charge in [-0.3, -0.25) is 4.90 Å². The molecule has 1 N–H and O–H groups in total. The monoisotopic (exact) mass is 344 g/mol. The van der Waals surface area contributed by atoms with Crippen LogP contribution in [0.1, 0.15) is 37.3 Å². The number of piperazine rings is 1. The molecule has 1 aliphatic rings. The summed E-state index contributed by atoms with van der Waals surface area (Å²) in [5, 5.41) is 4.11. The Hall–Kier alpha value is -0.610. The second-order valence-electron chi connectivity index (χ2n) is 5.63. The zero-order valence-corrected chi connectivity index (χ0v) is 14.3. The third-order valence-electron chi connectivity index (χ3n) is 4.14. The second kappa shape index (κ2) is 8.88. The zero-order chi connectivity index (χ0) is 15.9. The van der Waals surface area contributed by atoms with E-state index in [2.05, 4.69) is 16.8 Å². The summed E-state index contributed by atoms with van der Waals surface area (Å²) < 4.78 is 14.4. The minimum atomic E-state index is -0.262. The lowest BCUT2D eigenvalue weighted by Crippen LogP contribution is -2.45. The normalized spacial score (nSPS) is 17.4. The van der Waals surface area contributed by atoms with Crippen LogP contribution < -0.4 is 5.32 Å². The zero-order valence-electron chi connectivity index (χ0n) is 12.8. The standard InChI is InChI=1S/C17H23Cl2FN2/c1-2-3-4-5-6-15(22-11-9-21-10-12-22)16-14(20)8-7-13(18)17(16)19/h2,7-8,15,21H,1,3-6,9-12H2/t15-/m0/s1. The van der Waals surface area contributed by atoms with E-state index in [9.17, 15) is 4.39 Å². The van der Waals surface area contributed by atoms with E-state index in [1.807, 2.05) is 6.08 Å². The van der Waals surface area contributed by atoms with Gasteiger partial charge < -0.3 is 5.32 Å². The first-order valence-corrected chi connectivity index (χ1v) is 8.59. The first-order valence-electron chi connectivity index (χ1n) is 7.84. The van der Waals surface area contributed by atoms with E-state index < -0.39 is 0 Å². The number of halogens is 3. The van der Waals surface area contributed by atoms with Crippen molar-refractivity contribution in [3.8, 4) is 0 Å². The Morgan fingerprint density at radius 3 is 2.68 bits per heavy atom. The molecule has 0 saturated carbocycles. The fourth-order valence-corrected chi connectivity index (χ4v) is 3.42. The van der Waals surface area contributed by atoms with Gasteiger partial charge in [-0.15, -0.1) is 6.58 Å². The average molecular weight is 345 g/mol. The number of nitrogens with zero attached hydrogens (tertiary/aromatic N) is 1. The van der Waals surface area contributed by atoms with Gasteiger partial charge in [0.15, 0.2) is 0 Å². The van der Waals surface area contributed by atoms with Crippen LogP contribution in [0, 0.1) is 5.82 Å². The Labute approximate surface area is 142 Å². The lowest BCUT2D eigenvalue weighted by Gasteiger charge is -2.36. The fourth-order valence-electron chi connectivity index (χ4n) is 2.98. The molecule has 22 heavy (non-hydrogen) atoms. The minimum absolute atomic E-state index is 0.0156. The summed E-state index contributed by atoms with van der Waals surface area (Å²) in [5.74, 6) is -0.262. The average Bonchev–Trinajstić information content (AvgIpc) is 2.54. The Bertz CT molecular complexity index is 502. The fraction of sp³-hybridized carbons (Fsp3) is 0.529. The van der Waals surface area contributed by atoms with Crippen molar-refractivity contribution in [2.24, 2.45) is 0 Å². The molecule has 1 saturated heterocycles. The molecule has 0 aromatic heterocycles. The maximum atomic E-state index is 14.4. The first kappa shape index (κ1) is 17.7. The van der Waals surface area contributed by atoms with E-state index in [0.29, 0.717) is 15.6 Å². The smallest absolute Gasteiger partial charge is 0.129 e. The van der Waals surface area contributed by atoms with Gasteiger partial charge in [-0.25, -0.2) is 4.39 Å². The quantitative estimate of drug-likeness (QED) is 0.433. The van der Waals surface area contributed by atoms with Crippen LogP contribution in [0.25, 0.3) is 0 Å². The molecule has 0 radical (unpaired) electrons. The largest absolute Gasteiger partial charge is 0.314 e. The molecule has 1 atom stereocenters. The lowest BCUT2D eigenvalue weighted by atomic mass is 9.97. The summed E-state index contributed by atoms with van der Waals surface area (Å²) in [6.45, 7) is 7.38. The Morgan fingerprint density at radius 1 is 1.27 bits per heavy atom. The predicted octanol–water partition coefficient (Wildman–Crippen LogP) is 4.83. The van der Waals surface area contributed by atoms with Crippen LogP contribution in [0.5, 0.6) is 0 Å². The van der Waals surface area contributed by atoms with Gasteiger partial charge in [-0.1, -0.05) is 35.7 Å². The summed E-state index contributed by atoms with van der Waals surface area (Å²) >= 11 is 12.4. The van der Waals surface area contributed by atoms with Crippen molar-refractivity contribution < 1.29 is 4.39 Å². The molecule has 122 valence electrons. The van der Waals surface area contributed by atoms with E-state index in [1.165, 1.54) is 12.1 Å². The third kappa shape index (κ3) is 4.45. The minimum Gasteiger partial charge on any atom is -0.314 e. The van der Waals surface area contributed by atoms with Crippen molar-refractivity contribution in [2.45, 2.75) is 31.7 Å². The van der Waals surface area contributed by atoms with Crippen molar-refractivity contribution in [3.63, 3.8) is 0 Å². The highest BCUT2D eigenvalue weighted by Gasteiger charge is 2.27. The topological polar surface area (TPSA) is 15.3 Å². The number of rotatable bonds is 7. The maximum absolute atomic E-state index is 14.4. The molecule has 5 heteroatoms. The molecule has 1 aliphatic heterocycles. The molecule has 1 aromatic carbocycles. The molecule has 2 rings (SSSR count). The number of nitrogens with one attached hydrogen (secondary N) is 1. The molecule has 1 heterocycles. The number of unbranched alkanes of at least 4 members (excludes halogenated alkanes) is 2. The van der Waals surface area contributed by atoms with Crippen molar-refractivity contribution in [1.82, 2.24) is 10.2 Å². The molecule has 1 aromatic rings. The summed E-state index contributed by atoms with van der Waals surface area (Å²) in [4.78, 5) is 2.31. The number of benzene rings is 1. The van der Waals surface area contributed by atoms with Gasteiger partial charge in [-0.05, 0) is 31.4 Å². The predicted molar refractivity (Wildman–Crippen MR) is 92.3 cm³/mol.